The van der Waals surface area contributed by atoms with Crippen LogP contribution in [0.15, 0.2) is 72.9 Å². The van der Waals surface area contributed by atoms with Gasteiger partial charge >= 0.3 is 17.9 Å². The van der Waals surface area contributed by atoms with Crippen molar-refractivity contribution in [3.8, 4) is 0 Å². The lowest BCUT2D eigenvalue weighted by Gasteiger charge is -2.18. The van der Waals surface area contributed by atoms with E-state index in [2.05, 4.69) is 87.6 Å². The monoisotopic (exact) mass is 935 g/mol. The quantitative estimate of drug-likeness (QED) is 0.0262. The van der Waals surface area contributed by atoms with Gasteiger partial charge in [0.25, 0.3) is 0 Å². The Bertz CT molecular complexity index is 1260. The zero-order chi connectivity index (χ0) is 48.6. The lowest BCUT2D eigenvalue weighted by Crippen LogP contribution is -2.30. The second-order valence-corrected chi connectivity index (χ2v) is 18.8. The van der Waals surface area contributed by atoms with E-state index in [1.54, 1.807) is 0 Å². The molecule has 0 fully saturated rings. The van der Waals surface area contributed by atoms with E-state index >= 15 is 0 Å². The van der Waals surface area contributed by atoms with Crippen molar-refractivity contribution in [2.75, 3.05) is 13.2 Å². The standard InChI is InChI=1S/C61H106O6/c1-4-7-10-13-16-19-22-25-28-29-30-31-34-36-39-42-45-48-51-54-60(63)66-57-58(67-61(64)55-52-49-46-43-40-37-33-27-24-21-18-15-12-9-6-3)56-65-59(62)53-50-47-44-41-38-35-32-26-23-20-17-14-11-8-5-2/h16,19,25-26,28,30-32,36,39,45,48,58H,4-15,17-18,20-24,27,29,33-35,37-38,40-44,46-47,49-57H2,1-3H3/b19-16-,28-25-,31-30-,32-26-,39-36-,48-45-/t58-/m0/s1. The highest BCUT2D eigenvalue weighted by molar-refractivity contribution is 5.71. The van der Waals surface area contributed by atoms with Gasteiger partial charge in [0.2, 0.25) is 0 Å². The topological polar surface area (TPSA) is 78.9 Å². The van der Waals surface area contributed by atoms with Gasteiger partial charge in [-0.2, -0.15) is 0 Å². The predicted molar refractivity (Wildman–Crippen MR) is 288 cm³/mol. The van der Waals surface area contributed by atoms with Gasteiger partial charge < -0.3 is 14.2 Å². The van der Waals surface area contributed by atoms with Crippen LogP contribution in [0.3, 0.4) is 0 Å². The van der Waals surface area contributed by atoms with E-state index in [4.69, 9.17) is 14.2 Å². The Hall–Kier alpha value is -3.15. The summed E-state index contributed by atoms with van der Waals surface area (Å²) in [7, 11) is 0. The summed E-state index contributed by atoms with van der Waals surface area (Å²) in [6, 6.07) is 0. The van der Waals surface area contributed by atoms with Crippen molar-refractivity contribution in [2.45, 2.75) is 284 Å². The number of esters is 3. The van der Waals surface area contributed by atoms with Crippen LogP contribution in [0, 0.1) is 0 Å². The first-order chi connectivity index (χ1) is 33.0. The number of rotatable bonds is 51. The molecule has 0 saturated heterocycles. The smallest absolute Gasteiger partial charge is 0.306 e. The molecule has 0 aromatic carbocycles. The van der Waals surface area contributed by atoms with Crippen LogP contribution in [0.5, 0.6) is 0 Å². The first kappa shape index (κ1) is 63.8. The minimum Gasteiger partial charge on any atom is -0.462 e. The normalized spacial score (nSPS) is 12.6. The second kappa shape index (κ2) is 55.4. The van der Waals surface area contributed by atoms with Crippen molar-refractivity contribution in [3.63, 3.8) is 0 Å². The molecular weight excluding hydrogens is 829 g/mol. The minimum atomic E-state index is -0.807. The van der Waals surface area contributed by atoms with Crippen molar-refractivity contribution >= 4 is 17.9 Å². The van der Waals surface area contributed by atoms with Crippen molar-refractivity contribution in [2.24, 2.45) is 0 Å². The van der Waals surface area contributed by atoms with Gasteiger partial charge in [0.1, 0.15) is 13.2 Å². The van der Waals surface area contributed by atoms with E-state index in [0.717, 1.165) is 70.6 Å². The lowest BCUT2D eigenvalue weighted by atomic mass is 10.0. The van der Waals surface area contributed by atoms with Gasteiger partial charge in [-0.3, -0.25) is 14.4 Å². The summed E-state index contributed by atoms with van der Waals surface area (Å²) < 4.78 is 16.8. The van der Waals surface area contributed by atoms with E-state index in [0.29, 0.717) is 19.3 Å². The molecule has 0 aliphatic heterocycles. The number of ether oxygens (including phenoxy) is 3. The molecule has 0 unspecified atom stereocenters. The van der Waals surface area contributed by atoms with Crippen molar-refractivity contribution in [3.05, 3.63) is 72.9 Å². The van der Waals surface area contributed by atoms with E-state index in [1.165, 1.54) is 161 Å². The summed E-state index contributed by atoms with van der Waals surface area (Å²) in [5.41, 5.74) is 0. The van der Waals surface area contributed by atoms with Crippen LogP contribution in [-0.2, 0) is 28.6 Å². The van der Waals surface area contributed by atoms with Gasteiger partial charge in [0.05, 0.1) is 0 Å². The molecule has 1 atom stereocenters. The largest absolute Gasteiger partial charge is 0.462 e. The molecule has 0 heterocycles. The van der Waals surface area contributed by atoms with E-state index in [9.17, 15) is 14.4 Å². The summed E-state index contributed by atoms with van der Waals surface area (Å²) in [6.07, 6.45) is 70.4. The molecule has 6 heteroatoms. The number of hydrogen-bond acceptors (Lipinski definition) is 6. The number of allylic oxidation sites excluding steroid dienone is 12. The Morgan fingerprint density at radius 2 is 0.567 bits per heavy atom. The minimum absolute atomic E-state index is 0.100. The molecule has 6 nitrogen and oxygen atoms in total. The first-order valence-electron chi connectivity index (χ1n) is 28.4. The van der Waals surface area contributed by atoms with Gasteiger partial charge in [-0.1, -0.05) is 248 Å². The van der Waals surface area contributed by atoms with Gasteiger partial charge in [0.15, 0.2) is 6.10 Å². The summed E-state index contributed by atoms with van der Waals surface area (Å²) >= 11 is 0. The lowest BCUT2D eigenvalue weighted by molar-refractivity contribution is -0.166. The second-order valence-electron chi connectivity index (χ2n) is 18.8. The number of hydrogen-bond donors (Lipinski definition) is 0. The Kier molecular flexibility index (Phi) is 52.8. The molecular formula is C61H106O6. The summed E-state index contributed by atoms with van der Waals surface area (Å²) in [5.74, 6) is -0.985. The highest BCUT2D eigenvalue weighted by atomic mass is 16.6. The Morgan fingerprint density at radius 3 is 0.970 bits per heavy atom. The van der Waals surface area contributed by atoms with Crippen LogP contribution < -0.4 is 0 Å². The fraction of sp³-hybridized carbons (Fsp3) is 0.754. The zero-order valence-electron chi connectivity index (χ0n) is 44.2. The van der Waals surface area contributed by atoms with Gasteiger partial charge in [-0.05, 0) is 83.5 Å². The van der Waals surface area contributed by atoms with Crippen LogP contribution in [-0.4, -0.2) is 37.2 Å². The molecule has 386 valence electrons. The fourth-order valence-electron chi connectivity index (χ4n) is 7.89. The summed E-state index contributed by atoms with van der Waals surface area (Å²) in [6.45, 7) is 6.55. The SMILES string of the molecule is CCCCC/C=C\C/C=C\C/C=C\C/C=C\C/C=C\CCC(=O)OC[C@H](COC(=O)CCCCCCC/C=C\CCCCCCCC)OC(=O)CCCCCCCCCCCCCCCCC. The highest BCUT2D eigenvalue weighted by Gasteiger charge is 2.19. The highest BCUT2D eigenvalue weighted by Crippen LogP contribution is 2.15. The molecule has 0 saturated carbocycles. The summed E-state index contributed by atoms with van der Waals surface area (Å²) in [5, 5.41) is 0. The van der Waals surface area contributed by atoms with Gasteiger partial charge in [0, 0.05) is 19.3 Å². The fourth-order valence-corrected chi connectivity index (χ4v) is 7.89. The molecule has 0 N–H and O–H groups in total. The average molecular weight is 936 g/mol. The number of carbonyl (C=O) groups excluding carboxylic acids is 3. The maximum Gasteiger partial charge on any atom is 0.306 e. The van der Waals surface area contributed by atoms with Crippen LogP contribution in [0.1, 0.15) is 278 Å². The van der Waals surface area contributed by atoms with Crippen molar-refractivity contribution < 1.29 is 28.6 Å². The molecule has 67 heavy (non-hydrogen) atoms. The van der Waals surface area contributed by atoms with Crippen LogP contribution in [0.25, 0.3) is 0 Å². The van der Waals surface area contributed by atoms with Crippen LogP contribution in [0.2, 0.25) is 0 Å². The maximum atomic E-state index is 12.8. The predicted octanol–water partition coefficient (Wildman–Crippen LogP) is 19.0. The number of unbranched alkanes of at least 4 members (excludes halogenated alkanes) is 28. The molecule has 0 aromatic heterocycles. The Labute approximate surface area is 414 Å². The molecule has 0 spiro atoms. The van der Waals surface area contributed by atoms with E-state index < -0.39 is 6.10 Å². The Balaban J connectivity index is 4.48. The Morgan fingerprint density at radius 1 is 0.299 bits per heavy atom. The molecule has 0 bridgehead atoms. The average Bonchev–Trinajstić information content (AvgIpc) is 3.33. The van der Waals surface area contributed by atoms with Gasteiger partial charge in [-0.25, -0.2) is 0 Å². The third-order valence-corrected chi connectivity index (χ3v) is 12.2. The maximum absolute atomic E-state index is 12.8. The van der Waals surface area contributed by atoms with Crippen LogP contribution >= 0.6 is 0 Å². The van der Waals surface area contributed by atoms with Crippen molar-refractivity contribution in [1.29, 1.82) is 0 Å². The van der Waals surface area contributed by atoms with Crippen LogP contribution in [0.4, 0.5) is 0 Å². The summed E-state index contributed by atoms with van der Waals surface area (Å²) in [4.78, 5) is 38.1. The molecule has 0 amide bonds. The number of carbonyl (C=O) groups is 3. The first-order valence-corrected chi connectivity index (χ1v) is 28.4. The third kappa shape index (κ3) is 53.7. The molecule has 0 radical (unpaired) electrons. The van der Waals surface area contributed by atoms with E-state index in [-0.39, 0.29) is 37.5 Å². The third-order valence-electron chi connectivity index (χ3n) is 12.2. The molecule has 0 aromatic rings. The van der Waals surface area contributed by atoms with Crippen molar-refractivity contribution in [1.82, 2.24) is 0 Å². The van der Waals surface area contributed by atoms with Gasteiger partial charge in [-0.15, -0.1) is 0 Å². The zero-order valence-corrected chi connectivity index (χ0v) is 44.2. The molecule has 0 aliphatic carbocycles. The van der Waals surface area contributed by atoms with E-state index in [1.807, 2.05) is 6.08 Å². The molecule has 0 aliphatic rings. The molecule has 0 rings (SSSR count).